The van der Waals surface area contributed by atoms with Gasteiger partial charge in [0.05, 0.1) is 17.5 Å². The number of hydrogen-bond acceptors (Lipinski definition) is 3. The number of rotatable bonds is 3. The number of amides is 1. The fourth-order valence-electron chi connectivity index (χ4n) is 2.70. The number of fused-ring (bicyclic) bond motifs is 1. The van der Waals surface area contributed by atoms with E-state index in [2.05, 4.69) is 19.2 Å². The Kier molecular flexibility index (Phi) is 3.97. The van der Waals surface area contributed by atoms with Gasteiger partial charge < -0.3 is 10.1 Å². The quantitative estimate of drug-likeness (QED) is 0.934. The van der Waals surface area contributed by atoms with Crippen LogP contribution in [0.15, 0.2) is 30.3 Å². The van der Waals surface area contributed by atoms with Crippen molar-refractivity contribution in [2.75, 3.05) is 6.61 Å². The summed E-state index contributed by atoms with van der Waals surface area (Å²) in [7, 11) is 0. The van der Waals surface area contributed by atoms with Gasteiger partial charge in [-0.05, 0) is 31.0 Å². The van der Waals surface area contributed by atoms with Crippen molar-refractivity contribution in [3.05, 3.63) is 51.2 Å². The smallest absolute Gasteiger partial charge is 0.261 e. The summed E-state index contributed by atoms with van der Waals surface area (Å²) in [5, 5.41) is 3.15. The third-order valence-electron chi connectivity index (χ3n) is 3.83. The normalized spacial score (nSPS) is 17.0. The van der Waals surface area contributed by atoms with Gasteiger partial charge in [0.25, 0.3) is 5.91 Å². The van der Waals surface area contributed by atoms with Crippen molar-refractivity contribution < 1.29 is 9.53 Å². The number of para-hydroxylation sites is 1. The Morgan fingerprint density at radius 2 is 2.24 bits per heavy atom. The molecular formula is C17H19NO2S. The van der Waals surface area contributed by atoms with Crippen LogP contribution in [0.5, 0.6) is 5.75 Å². The van der Waals surface area contributed by atoms with Crippen LogP contribution in [0.2, 0.25) is 0 Å². The molecule has 1 atom stereocenters. The molecule has 1 aromatic heterocycles. The zero-order valence-corrected chi connectivity index (χ0v) is 13.1. The Hall–Kier alpha value is -1.81. The number of thiophene rings is 1. The molecule has 0 bridgehead atoms. The van der Waals surface area contributed by atoms with E-state index in [1.54, 1.807) is 11.3 Å². The van der Waals surface area contributed by atoms with E-state index in [4.69, 9.17) is 4.74 Å². The van der Waals surface area contributed by atoms with Crippen LogP contribution in [0.4, 0.5) is 0 Å². The number of nitrogens with one attached hydrogen (secondary N) is 1. The summed E-state index contributed by atoms with van der Waals surface area (Å²) in [4.78, 5) is 14.5. The largest absolute Gasteiger partial charge is 0.493 e. The highest BCUT2D eigenvalue weighted by molar-refractivity contribution is 7.14. The fraction of sp³-hybridized carbons (Fsp3) is 0.353. The highest BCUT2D eigenvalue weighted by Crippen LogP contribution is 2.32. The van der Waals surface area contributed by atoms with E-state index >= 15 is 0 Å². The third-order valence-corrected chi connectivity index (χ3v) is 5.21. The number of benzene rings is 1. The first-order valence-electron chi connectivity index (χ1n) is 7.31. The maximum atomic E-state index is 12.5. The highest BCUT2D eigenvalue weighted by atomic mass is 32.1. The van der Waals surface area contributed by atoms with Crippen LogP contribution in [0.25, 0.3) is 0 Å². The molecule has 0 spiro atoms. The first-order valence-corrected chi connectivity index (χ1v) is 8.12. The average molecular weight is 301 g/mol. The summed E-state index contributed by atoms with van der Waals surface area (Å²) in [5.41, 5.74) is 2.28. The Labute approximate surface area is 129 Å². The fourth-order valence-corrected chi connectivity index (χ4v) is 3.72. The summed E-state index contributed by atoms with van der Waals surface area (Å²) in [6.07, 6.45) is 1.79. The lowest BCUT2D eigenvalue weighted by molar-refractivity contribution is 0.0929. The van der Waals surface area contributed by atoms with Crippen LogP contribution in [0.1, 0.15) is 45.1 Å². The second-order valence-corrected chi connectivity index (χ2v) is 6.41. The molecule has 21 heavy (non-hydrogen) atoms. The van der Waals surface area contributed by atoms with Crippen LogP contribution in [0, 0.1) is 6.92 Å². The summed E-state index contributed by atoms with van der Waals surface area (Å²) in [5.74, 6) is 0.898. The van der Waals surface area contributed by atoms with Crippen LogP contribution in [-0.4, -0.2) is 12.5 Å². The number of carbonyl (C=O) groups excluding carboxylic acids is 1. The second-order valence-electron chi connectivity index (χ2n) is 5.27. The lowest BCUT2D eigenvalue weighted by Gasteiger charge is -2.26. The van der Waals surface area contributed by atoms with Gasteiger partial charge in [0.1, 0.15) is 5.75 Å². The Morgan fingerprint density at radius 1 is 1.43 bits per heavy atom. The standard InChI is InChI=1S/C17H19NO2S/c1-3-15-11(2)10-16(21-15)17(19)18-13-8-9-20-14-7-5-4-6-12(13)14/h4-7,10,13H,3,8-9H2,1-2H3,(H,18,19)/t13-/m1/s1. The summed E-state index contributed by atoms with van der Waals surface area (Å²) < 4.78 is 5.63. The molecule has 0 unspecified atom stereocenters. The van der Waals surface area contributed by atoms with E-state index < -0.39 is 0 Å². The van der Waals surface area contributed by atoms with Crippen molar-refractivity contribution in [2.45, 2.75) is 32.7 Å². The van der Waals surface area contributed by atoms with Gasteiger partial charge in [-0.25, -0.2) is 0 Å². The molecule has 1 amide bonds. The predicted octanol–water partition coefficient (Wildman–Crippen LogP) is 3.87. The molecule has 1 aliphatic heterocycles. The van der Waals surface area contributed by atoms with Crippen molar-refractivity contribution in [2.24, 2.45) is 0 Å². The van der Waals surface area contributed by atoms with Crippen molar-refractivity contribution in [3.63, 3.8) is 0 Å². The molecular weight excluding hydrogens is 282 g/mol. The SMILES string of the molecule is CCc1sc(C(=O)N[C@@H]2CCOc3ccccc32)cc1C. The van der Waals surface area contributed by atoms with Crippen LogP contribution >= 0.6 is 11.3 Å². The average Bonchev–Trinajstić information content (AvgIpc) is 2.89. The summed E-state index contributed by atoms with van der Waals surface area (Å²) in [6.45, 7) is 4.83. The Bertz CT molecular complexity index is 663. The van der Waals surface area contributed by atoms with Crippen molar-refractivity contribution in [3.8, 4) is 5.75 Å². The maximum Gasteiger partial charge on any atom is 0.261 e. The summed E-state index contributed by atoms with van der Waals surface area (Å²) in [6, 6.07) is 9.95. The maximum absolute atomic E-state index is 12.5. The summed E-state index contributed by atoms with van der Waals surface area (Å²) >= 11 is 1.59. The molecule has 110 valence electrons. The zero-order chi connectivity index (χ0) is 14.8. The molecule has 3 nitrogen and oxygen atoms in total. The third kappa shape index (κ3) is 2.81. The molecule has 0 aliphatic carbocycles. The van der Waals surface area contributed by atoms with Gasteiger partial charge in [-0.3, -0.25) is 4.79 Å². The van der Waals surface area contributed by atoms with Gasteiger partial charge in [0.15, 0.2) is 0 Å². The van der Waals surface area contributed by atoms with Crippen molar-refractivity contribution in [1.82, 2.24) is 5.32 Å². The first kappa shape index (κ1) is 14.1. The topological polar surface area (TPSA) is 38.3 Å². The second kappa shape index (κ2) is 5.90. The van der Waals surface area contributed by atoms with Gasteiger partial charge >= 0.3 is 0 Å². The molecule has 0 fully saturated rings. The van der Waals surface area contributed by atoms with Gasteiger partial charge in [-0.1, -0.05) is 25.1 Å². The lowest BCUT2D eigenvalue weighted by Crippen LogP contribution is -2.31. The van der Waals surface area contributed by atoms with Gasteiger partial charge in [-0.2, -0.15) is 0 Å². The number of hydrogen-bond donors (Lipinski definition) is 1. The molecule has 2 heterocycles. The van der Waals surface area contributed by atoms with Crippen molar-refractivity contribution >= 4 is 17.2 Å². The van der Waals surface area contributed by atoms with Crippen molar-refractivity contribution in [1.29, 1.82) is 0 Å². The van der Waals surface area contributed by atoms with E-state index in [0.29, 0.717) is 6.61 Å². The molecule has 0 saturated carbocycles. The molecule has 1 N–H and O–H groups in total. The van der Waals surface area contributed by atoms with Gasteiger partial charge in [-0.15, -0.1) is 11.3 Å². The highest BCUT2D eigenvalue weighted by Gasteiger charge is 2.23. The van der Waals surface area contributed by atoms with Crippen LogP contribution < -0.4 is 10.1 Å². The van der Waals surface area contributed by atoms with Crippen LogP contribution in [-0.2, 0) is 6.42 Å². The molecule has 3 rings (SSSR count). The van der Waals surface area contributed by atoms with Gasteiger partial charge in [0.2, 0.25) is 0 Å². The molecule has 0 saturated heterocycles. The Morgan fingerprint density at radius 3 is 3.00 bits per heavy atom. The minimum Gasteiger partial charge on any atom is -0.493 e. The molecule has 0 radical (unpaired) electrons. The minimum absolute atomic E-state index is 0.0181. The number of ether oxygens (including phenoxy) is 1. The Balaban J connectivity index is 1.79. The zero-order valence-electron chi connectivity index (χ0n) is 12.3. The molecule has 4 heteroatoms. The first-order chi connectivity index (χ1) is 10.2. The van der Waals surface area contributed by atoms with E-state index in [1.165, 1.54) is 10.4 Å². The van der Waals surface area contributed by atoms with E-state index in [-0.39, 0.29) is 11.9 Å². The molecule has 2 aromatic rings. The van der Waals surface area contributed by atoms with E-state index in [9.17, 15) is 4.79 Å². The van der Waals surface area contributed by atoms with Crippen LogP contribution in [0.3, 0.4) is 0 Å². The van der Waals surface area contributed by atoms with E-state index in [0.717, 1.165) is 29.0 Å². The predicted molar refractivity (Wildman–Crippen MR) is 85.2 cm³/mol. The minimum atomic E-state index is 0.0181. The monoisotopic (exact) mass is 301 g/mol. The molecule has 1 aromatic carbocycles. The lowest BCUT2D eigenvalue weighted by atomic mass is 10.0. The number of carbonyl (C=O) groups is 1. The van der Waals surface area contributed by atoms with Gasteiger partial charge in [0, 0.05) is 16.9 Å². The number of aryl methyl sites for hydroxylation is 2. The molecule has 1 aliphatic rings. The van der Waals surface area contributed by atoms with E-state index in [1.807, 2.05) is 30.3 Å².